The average molecular weight is 406 g/mol. The summed E-state index contributed by atoms with van der Waals surface area (Å²) in [6.07, 6.45) is 0. The van der Waals surface area contributed by atoms with Gasteiger partial charge in [-0.1, -0.05) is 60.1 Å². The number of benzene rings is 3. The summed E-state index contributed by atoms with van der Waals surface area (Å²) in [4.78, 5) is 15.8. The summed E-state index contributed by atoms with van der Waals surface area (Å²) in [6, 6.07) is 24.4. The first-order valence-electron chi connectivity index (χ1n) is 8.66. The minimum atomic E-state index is -0.266. The van der Waals surface area contributed by atoms with Crippen molar-refractivity contribution in [3.8, 4) is 11.3 Å². The molecule has 28 heavy (non-hydrogen) atoms. The molecule has 0 fully saturated rings. The molecule has 0 unspecified atom stereocenters. The van der Waals surface area contributed by atoms with Gasteiger partial charge in [0.05, 0.1) is 11.4 Å². The molecule has 3 aromatic carbocycles. The molecule has 1 aromatic heterocycles. The van der Waals surface area contributed by atoms with Crippen molar-refractivity contribution in [2.45, 2.75) is 0 Å². The standard InChI is InChI=1S/C22H16ClN3OS/c23-16-11-12-18-17(13-16)20(19(24-18)14-7-3-1-4-8-14)25-22(28)26-21(27)15-9-5-2-6-10-15/h1-13,24H,(H2,25,26,27,28). The van der Waals surface area contributed by atoms with Gasteiger partial charge in [0.2, 0.25) is 0 Å². The van der Waals surface area contributed by atoms with Gasteiger partial charge in [-0.3, -0.25) is 10.1 Å². The minimum absolute atomic E-state index is 0.215. The monoisotopic (exact) mass is 405 g/mol. The van der Waals surface area contributed by atoms with Crippen LogP contribution in [0.5, 0.6) is 0 Å². The molecule has 4 aromatic rings. The SMILES string of the molecule is O=C(NC(=S)Nc1c(-c2ccccc2)[nH]c2ccc(Cl)cc12)c1ccccc1. The zero-order valence-electron chi connectivity index (χ0n) is 14.7. The van der Waals surface area contributed by atoms with Crippen molar-refractivity contribution in [2.75, 3.05) is 5.32 Å². The highest BCUT2D eigenvalue weighted by Gasteiger charge is 2.16. The van der Waals surface area contributed by atoms with E-state index in [0.717, 1.165) is 27.8 Å². The van der Waals surface area contributed by atoms with Crippen LogP contribution in [0.25, 0.3) is 22.2 Å². The molecule has 0 aliphatic heterocycles. The van der Waals surface area contributed by atoms with Crippen molar-refractivity contribution in [3.05, 3.63) is 89.4 Å². The molecule has 0 saturated carbocycles. The number of H-pyrrole nitrogens is 1. The lowest BCUT2D eigenvalue weighted by Crippen LogP contribution is -2.34. The van der Waals surface area contributed by atoms with E-state index in [1.807, 2.05) is 54.6 Å². The van der Waals surface area contributed by atoms with Crippen molar-refractivity contribution < 1.29 is 4.79 Å². The maximum absolute atomic E-state index is 12.4. The summed E-state index contributed by atoms with van der Waals surface area (Å²) < 4.78 is 0. The van der Waals surface area contributed by atoms with Crippen LogP contribution in [-0.2, 0) is 0 Å². The Morgan fingerprint density at radius 1 is 0.929 bits per heavy atom. The Balaban J connectivity index is 1.68. The first kappa shape index (κ1) is 18.2. The predicted molar refractivity (Wildman–Crippen MR) is 119 cm³/mol. The normalized spacial score (nSPS) is 10.6. The first-order valence-corrected chi connectivity index (χ1v) is 9.44. The van der Waals surface area contributed by atoms with Crippen LogP contribution in [0.15, 0.2) is 78.9 Å². The van der Waals surface area contributed by atoms with Crippen molar-refractivity contribution in [3.63, 3.8) is 0 Å². The highest BCUT2D eigenvalue weighted by Crippen LogP contribution is 2.36. The van der Waals surface area contributed by atoms with E-state index in [-0.39, 0.29) is 11.0 Å². The summed E-state index contributed by atoms with van der Waals surface area (Å²) in [5, 5.41) is 7.62. The number of anilines is 1. The van der Waals surface area contributed by atoms with E-state index >= 15 is 0 Å². The van der Waals surface area contributed by atoms with Gasteiger partial charge in [-0.05, 0) is 42.5 Å². The number of amides is 1. The van der Waals surface area contributed by atoms with E-state index < -0.39 is 0 Å². The molecule has 0 spiro atoms. The summed E-state index contributed by atoms with van der Waals surface area (Å²) in [7, 11) is 0. The van der Waals surface area contributed by atoms with Crippen LogP contribution in [0, 0.1) is 0 Å². The van der Waals surface area contributed by atoms with Gasteiger partial charge >= 0.3 is 0 Å². The number of hydrogen-bond donors (Lipinski definition) is 3. The average Bonchev–Trinajstić information content (AvgIpc) is 3.07. The molecular weight excluding hydrogens is 390 g/mol. The number of rotatable bonds is 3. The quantitative estimate of drug-likeness (QED) is 0.388. The Morgan fingerprint density at radius 3 is 2.32 bits per heavy atom. The molecule has 0 atom stereocenters. The molecule has 0 saturated heterocycles. The third-order valence-electron chi connectivity index (χ3n) is 4.32. The van der Waals surface area contributed by atoms with Crippen LogP contribution in [-0.4, -0.2) is 16.0 Å². The van der Waals surface area contributed by atoms with E-state index in [2.05, 4.69) is 15.6 Å². The second kappa shape index (κ2) is 7.84. The van der Waals surface area contributed by atoms with E-state index in [0.29, 0.717) is 10.6 Å². The number of thiocarbonyl (C=S) groups is 1. The highest BCUT2D eigenvalue weighted by atomic mass is 35.5. The number of aromatic amines is 1. The van der Waals surface area contributed by atoms with E-state index in [1.54, 1.807) is 24.3 Å². The number of halogens is 1. The lowest BCUT2D eigenvalue weighted by atomic mass is 10.1. The Bertz CT molecular complexity index is 1160. The Morgan fingerprint density at radius 2 is 1.61 bits per heavy atom. The van der Waals surface area contributed by atoms with Gasteiger partial charge in [-0.15, -0.1) is 0 Å². The van der Waals surface area contributed by atoms with E-state index in [1.165, 1.54) is 0 Å². The lowest BCUT2D eigenvalue weighted by Gasteiger charge is -2.11. The Kier molecular flexibility index (Phi) is 5.10. The molecule has 138 valence electrons. The number of aromatic nitrogens is 1. The molecule has 1 amide bonds. The van der Waals surface area contributed by atoms with Gasteiger partial charge in [0, 0.05) is 27.1 Å². The zero-order chi connectivity index (χ0) is 19.5. The number of hydrogen-bond acceptors (Lipinski definition) is 2. The number of carbonyl (C=O) groups is 1. The molecule has 4 nitrogen and oxygen atoms in total. The van der Waals surface area contributed by atoms with Crippen molar-refractivity contribution in [1.29, 1.82) is 0 Å². The molecule has 1 heterocycles. The molecule has 4 rings (SSSR count). The van der Waals surface area contributed by atoms with Gasteiger partial charge in [-0.25, -0.2) is 0 Å². The number of fused-ring (bicyclic) bond motifs is 1. The molecule has 0 radical (unpaired) electrons. The second-order valence-electron chi connectivity index (χ2n) is 6.21. The predicted octanol–water partition coefficient (Wildman–Crippen LogP) is 5.62. The van der Waals surface area contributed by atoms with Crippen LogP contribution in [0.1, 0.15) is 10.4 Å². The van der Waals surface area contributed by atoms with Crippen molar-refractivity contribution >= 4 is 51.4 Å². The van der Waals surface area contributed by atoms with E-state index in [9.17, 15) is 4.79 Å². The minimum Gasteiger partial charge on any atom is -0.353 e. The van der Waals surface area contributed by atoms with E-state index in [4.69, 9.17) is 23.8 Å². The fraction of sp³-hybridized carbons (Fsp3) is 0. The summed E-state index contributed by atoms with van der Waals surface area (Å²) in [5.41, 5.74) is 4.09. The lowest BCUT2D eigenvalue weighted by molar-refractivity contribution is 0.0977. The summed E-state index contributed by atoms with van der Waals surface area (Å²) >= 11 is 11.6. The van der Waals surface area contributed by atoms with Crippen LogP contribution in [0.4, 0.5) is 5.69 Å². The molecular formula is C22H16ClN3OS. The summed E-state index contributed by atoms with van der Waals surface area (Å²) in [5.74, 6) is -0.266. The maximum atomic E-state index is 12.4. The molecule has 6 heteroatoms. The maximum Gasteiger partial charge on any atom is 0.257 e. The fourth-order valence-electron chi connectivity index (χ4n) is 3.02. The van der Waals surface area contributed by atoms with Crippen molar-refractivity contribution in [1.82, 2.24) is 10.3 Å². The van der Waals surface area contributed by atoms with Gasteiger partial charge in [0.25, 0.3) is 5.91 Å². The van der Waals surface area contributed by atoms with Crippen molar-refractivity contribution in [2.24, 2.45) is 0 Å². The van der Waals surface area contributed by atoms with Gasteiger partial charge in [0.1, 0.15) is 0 Å². The topological polar surface area (TPSA) is 56.9 Å². The highest BCUT2D eigenvalue weighted by molar-refractivity contribution is 7.80. The van der Waals surface area contributed by atoms with Gasteiger partial charge in [-0.2, -0.15) is 0 Å². The number of carbonyl (C=O) groups excluding carboxylic acids is 1. The molecule has 0 bridgehead atoms. The van der Waals surface area contributed by atoms with Crippen LogP contribution < -0.4 is 10.6 Å². The molecule has 3 N–H and O–H groups in total. The third-order valence-corrected chi connectivity index (χ3v) is 4.76. The molecule has 0 aliphatic rings. The zero-order valence-corrected chi connectivity index (χ0v) is 16.3. The first-order chi connectivity index (χ1) is 13.6. The Labute approximate surface area is 172 Å². The largest absolute Gasteiger partial charge is 0.353 e. The third kappa shape index (κ3) is 3.76. The van der Waals surface area contributed by atoms with Crippen LogP contribution >= 0.6 is 23.8 Å². The smallest absolute Gasteiger partial charge is 0.257 e. The molecule has 0 aliphatic carbocycles. The Hall–Kier alpha value is -3.15. The van der Waals surface area contributed by atoms with Crippen LogP contribution in [0.2, 0.25) is 5.02 Å². The van der Waals surface area contributed by atoms with Gasteiger partial charge < -0.3 is 10.3 Å². The van der Waals surface area contributed by atoms with Crippen LogP contribution in [0.3, 0.4) is 0 Å². The number of nitrogens with one attached hydrogen (secondary N) is 3. The van der Waals surface area contributed by atoms with Gasteiger partial charge in [0.15, 0.2) is 5.11 Å². The second-order valence-corrected chi connectivity index (χ2v) is 7.05. The fourth-order valence-corrected chi connectivity index (χ4v) is 3.39. The summed E-state index contributed by atoms with van der Waals surface area (Å²) in [6.45, 7) is 0.